The van der Waals surface area contributed by atoms with Gasteiger partial charge in [-0.25, -0.2) is 4.98 Å². The Labute approximate surface area is 216 Å². The van der Waals surface area contributed by atoms with Crippen LogP contribution in [0.2, 0.25) is 18.1 Å². The largest absolute Gasteiger partial charge is 0.489 e. The lowest BCUT2D eigenvalue weighted by Gasteiger charge is -2.40. The first-order chi connectivity index (χ1) is 17.2. The molecule has 0 radical (unpaired) electrons. The normalized spacial score (nSPS) is 13.3. The number of nitrogens with zero attached hydrogens (tertiary/aromatic N) is 2. The molecular weight excluding hydrogens is 462 g/mol. The van der Waals surface area contributed by atoms with E-state index in [0.29, 0.717) is 6.61 Å². The standard InChI is InChI=1S/C30H39N3O2Si/c1-30(2,3)36(4,5)35-26(22-34-28-18-12-17-27-29(28)32-23-31-27)21-33(19-24-13-8-6-9-14-24)20-25-15-10-7-11-16-25/h6-18,23,26H,19-22H2,1-5H3,(H,31,32). The Hall–Kier alpha value is -2.93. The van der Waals surface area contributed by atoms with Gasteiger partial charge in [0.2, 0.25) is 0 Å². The minimum Gasteiger partial charge on any atom is -0.489 e. The molecule has 1 unspecified atom stereocenters. The Bertz CT molecular complexity index is 1180. The van der Waals surface area contributed by atoms with Gasteiger partial charge >= 0.3 is 0 Å². The van der Waals surface area contributed by atoms with Gasteiger partial charge in [0.05, 0.1) is 17.9 Å². The summed E-state index contributed by atoms with van der Waals surface area (Å²) in [5.41, 5.74) is 4.42. The zero-order valence-corrected chi connectivity index (χ0v) is 23.2. The zero-order chi connectivity index (χ0) is 25.6. The molecule has 0 saturated heterocycles. The van der Waals surface area contributed by atoms with E-state index in [-0.39, 0.29) is 11.1 Å². The maximum absolute atomic E-state index is 6.97. The Kier molecular flexibility index (Phi) is 8.29. The minimum atomic E-state index is -2.03. The second-order valence-electron chi connectivity index (χ2n) is 11.0. The maximum Gasteiger partial charge on any atom is 0.192 e. The van der Waals surface area contributed by atoms with Crippen LogP contribution >= 0.6 is 0 Å². The number of fused-ring (bicyclic) bond motifs is 1. The minimum absolute atomic E-state index is 0.0764. The highest BCUT2D eigenvalue weighted by molar-refractivity contribution is 6.74. The number of aromatic nitrogens is 2. The molecule has 0 amide bonds. The van der Waals surface area contributed by atoms with Crippen molar-refractivity contribution in [3.05, 3.63) is 96.3 Å². The molecule has 5 nitrogen and oxygen atoms in total. The first-order valence-corrected chi connectivity index (χ1v) is 15.6. The molecule has 1 atom stereocenters. The third-order valence-electron chi connectivity index (χ3n) is 7.06. The van der Waals surface area contributed by atoms with Gasteiger partial charge in [-0.15, -0.1) is 0 Å². The van der Waals surface area contributed by atoms with Gasteiger partial charge in [-0.2, -0.15) is 0 Å². The fraction of sp³-hybridized carbons (Fsp3) is 0.367. The van der Waals surface area contributed by atoms with Crippen molar-refractivity contribution in [2.45, 2.75) is 58.1 Å². The smallest absolute Gasteiger partial charge is 0.192 e. The number of aromatic amines is 1. The van der Waals surface area contributed by atoms with Crippen molar-refractivity contribution in [1.29, 1.82) is 0 Å². The third kappa shape index (κ3) is 6.84. The van der Waals surface area contributed by atoms with Crippen molar-refractivity contribution in [2.75, 3.05) is 13.2 Å². The fourth-order valence-electron chi connectivity index (χ4n) is 4.11. The van der Waals surface area contributed by atoms with Crippen molar-refractivity contribution < 1.29 is 9.16 Å². The predicted octanol–water partition coefficient (Wildman–Crippen LogP) is 7.03. The molecule has 6 heteroatoms. The molecule has 0 aliphatic carbocycles. The monoisotopic (exact) mass is 501 g/mol. The van der Waals surface area contributed by atoms with E-state index in [4.69, 9.17) is 9.16 Å². The van der Waals surface area contributed by atoms with Crippen molar-refractivity contribution in [3.8, 4) is 5.75 Å². The van der Waals surface area contributed by atoms with Gasteiger partial charge in [0.25, 0.3) is 0 Å². The van der Waals surface area contributed by atoms with Crippen LogP contribution in [0.3, 0.4) is 0 Å². The van der Waals surface area contributed by atoms with Gasteiger partial charge < -0.3 is 14.1 Å². The average molecular weight is 502 g/mol. The quantitative estimate of drug-likeness (QED) is 0.224. The van der Waals surface area contributed by atoms with E-state index in [1.54, 1.807) is 6.33 Å². The molecule has 3 aromatic carbocycles. The molecule has 0 saturated carbocycles. The van der Waals surface area contributed by atoms with Crippen LogP contribution in [0.25, 0.3) is 11.0 Å². The number of hydrogen-bond donors (Lipinski definition) is 1. The predicted molar refractivity (Wildman–Crippen MR) is 151 cm³/mol. The molecule has 190 valence electrons. The second-order valence-corrected chi connectivity index (χ2v) is 15.8. The Morgan fingerprint density at radius 3 is 2.06 bits per heavy atom. The van der Waals surface area contributed by atoms with Gasteiger partial charge in [0.1, 0.15) is 17.9 Å². The molecule has 4 aromatic rings. The van der Waals surface area contributed by atoms with E-state index in [1.165, 1.54) is 11.1 Å². The third-order valence-corrected chi connectivity index (χ3v) is 11.6. The van der Waals surface area contributed by atoms with Gasteiger partial charge in [-0.1, -0.05) is 87.5 Å². The van der Waals surface area contributed by atoms with Crippen LogP contribution in [0.4, 0.5) is 0 Å². The van der Waals surface area contributed by atoms with Crippen molar-refractivity contribution >= 4 is 19.4 Å². The lowest BCUT2D eigenvalue weighted by Crippen LogP contribution is -2.48. The zero-order valence-electron chi connectivity index (χ0n) is 22.2. The second kappa shape index (κ2) is 11.4. The van der Waals surface area contributed by atoms with Crippen LogP contribution < -0.4 is 4.74 Å². The van der Waals surface area contributed by atoms with Gasteiger partial charge in [0.15, 0.2) is 8.32 Å². The summed E-state index contributed by atoms with van der Waals surface area (Å²) < 4.78 is 13.4. The Balaban J connectivity index is 1.57. The first-order valence-electron chi connectivity index (χ1n) is 12.7. The first kappa shape index (κ1) is 26.1. The number of benzene rings is 3. The summed E-state index contributed by atoms with van der Waals surface area (Å²) in [5.74, 6) is 0.787. The average Bonchev–Trinajstić information content (AvgIpc) is 3.32. The number of imidazole rings is 1. The molecule has 0 fully saturated rings. The lowest BCUT2D eigenvalue weighted by molar-refractivity contribution is 0.0706. The molecule has 1 heterocycles. The van der Waals surface area contributed by atoms with E-state index in [2.05, 4.69) is 109 Å². The Morgan fingerprint density at radius 1 is 0.861 bits per heavy atom. The maximum atomic E-state index is 6.97. The number of hydrogen-bond acceptors (Lipinski definition) is 4. The van der Waals surface area contributed by atoms with Gasteiger partial charge in [-0.3, -0.25) is 4.90 Å². The number of rotatable bonds is 11. The Morgan fingerprint density at radius 2 is 1.47 bits per heavy atom. The van der Waals surface area contributed by atoms with Crippen LogP contribution in [0.15, 0.2) is 85.2 Å². The molecule has 0 aliphatic rings. The van der Waals surface area contributed by atoms with E-state index in [1.807, 2.05) is 18.2 Å². The number of nitrogens with one attached hydrogen (secondary N) is 1. The highest BCUT2D eigenvalue weighted by Gasteiger charge is 2.39. The summed E-state index contributed by atoms with van der Waals surface area (Å²) in [4.78, 5) is 10.1. The van der Waals surface area contributed by atoms with E-state index < -0.39 is 8.32 Å². The van der Waals surface area contributed by atoms with E-state index in [9.17, 15) is 0 Å². The molecular formula is C30H39N3O2Si. The molecule has 36 heavy (non-hydrogen) atoms. The van der Waals surface area contributed by atoms with Crippen LogP contribution in [0.1, 0.15) is 31.9 Å². The molecule has 0 aliphatic heterocycles. The summed E-state index contributed by atoms with van der Waals surface area (Å²) in [6.07, 6.45) is 1.63. The summed E-state index contributed by atoms with van der Waals surface area (Å²) in [6.45, 7) is 14.4. The summed E-state index contributed by atoms with van der Waals surface area (Å²) in [6, 6.07) is 27.3. The number of ether oxygens (including phenoxy) is 1. The van der Waals surface area contributed by atoms with Crippen molar-refractivity contribution in [3.63, 3.8) is 0 Å². The van der Waals surface area contributed by atoms with Crippen LogP contribution in [0.5, 0.6) is 5.75 Å². The summed E-state index contributed by atoms with van der Waals surface area (Å²) in [7, 11) is -2.03. The fourth-order valence-corrected chi connectivity index (χ4v) is 5.44. The molecule has 1 aromatic heterocycles. The molecule has 0 spiro atoms. The van der Waals surface area contributed by atoms with E-state index in [0.717, 1.165) is 36.4 Å². The van der Waals surface area contributed by atoms with Crippen LogP contribution in [-0.2, 0) is 17.5 Å². The molecule has 4 rings (SSSR count). The highest BCUT2D eigenvalue weighted by Crippen LogP contribution is 2.37. The highest BCUT2D eigenvalue weighted by atomic mass is 28.4. The molecule has 0 bridgehead atoms. The van der Waals surface area contributed by atoms with Gasteiger partial charge in [-0.05, 0) is 41.4 Å². The number of H-pyrrole nitrogens is 1. The lowest BCUT2D eigenvalue weighted by atomic mass is 10.1. The topological polar surface area (TPSA) is 50.4 Å². The SMILES string of the molecule is CC(C)(C)[Si](C)(C)OC(COc1cccc2[nH]cnc12)CN(Cc1ccccc1)Cc1ccccc1. The number of para-hydroxylation sites is 1. The van der Waals surface area contributed by atoms with Crippen molar-refractivity contribution in [1.82, 2.24) is 14.9 Å². The van der Waals surface area contributed by atoms with E-state index >= 15 is 0 Å². The van der Waals surface area contributed by atoms with Crippen LogP contribution in [0, 0.1) is 0 Å². The van der Waals surface area contributed by atoms with Crippen molar-refractivity contribution in [2.24, 2.45) is 0 Å². The van der Waals surface area contributed by atoms with Gasteiger partial charge in [0, 0.05) is 19.6 Å². The summed E-state index contributed by atoms with van der Waals surface area (Å²) in [5, 5.41) is 0.108. The summed E-state index contributed by atoms with van der Waals surface area (Å²) >= 11 is 0. The molecule has 1 N–H and O–H groups in total. The van der Waals surface area contributed by atoms with Crippen LogP contribution in [-0.4, -0.2) is 42.4 Å².